The zero-order valence-corrected chi connectivity index (χ0v) is 22.6. The highest BCUT2D eigenvalue weighted by molar-refractivity contribution is 7.75. The van der Waals surface area contributed by atoms with Gasteiger partial charge in [-0.15, -0.1) is 0 Å². The molecule has 1 atom stereocenters. The highest BCUT2D eigenvalue weighted by Crippen LogP contribution is 2.55. The third-order valence-corrected chi connectivity index (χ3v) is 9.25. The van der Waals surface area contributed by atoms with Gasteiger partial charge in [-0.2, -0.15) is 0 Å². The Morgan fingerprint density at radius 1 is 0.667 bits per heavy atom. The average Bonchev–Trinajstić information content (AvgIpc) is 2.98. The van der Waals surface area contributed by atoms with Gasteiger partial charge in [0.15, 0.2) is 0 Å². The summed E-state index contributed by atoms with van der Waals surface area (Å²) in [5.74, 6) is 2.23. The van der Waals surface area contributed by atoms with Crippen LogP contribution in [0.25, 0.3) is 22.3 Å². The predicted molar refractivity (Wildman–Crippen MR) is 155 cm³/mol. The smallest absolute Gasteiger partial charge is 0.311 e. The molecule has 0 spiro atoms. The van der Waals surface area contributed by atoms with Gasteiger partial charge in [0.1, 0.15) is 23.0 Å². The van der Waals surface area contributed by atoms with Crippen LogP contribution in [0.3, 0.4) is 0 Å². The molecule has 5 aromatic rings. The predicted octanol–water partition coefficient (Wildman–Crippen LogP) is 7.37. The summed E-state index contributed by atoms with van der Waals surface area (Å²) in [7, 11) is -1.99. The average molecular weight is 535 g/mol. The first-order chi connectivity index (χ1) is 19.0. The number of aryl methyl sites for hydroxylation is 1. The van der Waals surface area contributed by atoms with Gasteiger partial charge >= 0.3 is 7.37 Å². The summed E-state index contributed by atoms with van der Waals surface area (Å²) < 4.78 is 38.2. The van der Waals surface area contributed by atoms with Gasteiger partial charge in [-0.05, 0) is 66.1 Å². The van der Waals surface area contributed by atoms with Gasteiger partial charge in [0.25, 0.3) is 0 Å². The van der Waals surface area contributed by atoms with Crippen LogP contribution < -0.4 is 29.3 Å². The van der Waals surface area contributed by atoms with E-state index in [0.717, 1.165) is 22.3 Å². The van der Waals surface area contributed by atoms with E-state index in [1.165, 1.54) is 5.56 Å². The van der Waals surface area contributed by atoms with Gasteiger partial charge in [-0.1, -0.05) is 78.4 Å². The van der Waals surface area contributed by atoms with Crippen LogP contribution in [-0.4, -0.2) is 13.9 Å². The molecule has 6 rings (SSSR count). The van der Waals surface area contributed by atoms with Crippen molar-refractivity contribution in [2.45, 2.75) is 6.92 Å². The fraction of sp³-hybridized carbons (Fsp3) is 0.0909. The largest absolute Gasteiger partial charge is 0.496 e. The van der Waals surface area contributed by atoms with E-state index in [1.807, 2.05) is 72.8 Å². The Labute approximate surface area is 228 Å². The Balaban J connectivity index is 1.23. The van der Waals surface area contributed by atoms with Gasteiger partial charge in [-0.3, -0.25) is 4.57 Å². The lowest BCUT2D eigenvalue weighted by Gasteiger charge is -2.29. The van der Waals surface area contributed by atoms with Crippen molar-refractivity contribution >= 4 is 18.0 Å². The van der Waals surface area contributed by atoms with E-state index in [4.69, 9.17) is 18.7 Å². The first-order valence-corrected chi connectivity index (χ1v) is 14.3. The third kappa shape index (κ3) is 4.78. The van der Waals surface area contributed by atoms with Crippen molar-refractivity contribution in [2.75, 3.05) is 13.9 Å². The summed E-state index contributed by atoms with van der Waals surface area (Å²) in [5, 5.41) is 1.07. The van der Waals surface area contributed by atoms with E-state index in [1.54, 1.807) is 25.3 Å². The Kier molecular flexibility index (Phi) is 6.60. The standard InChI is InChI=1S/C33H27O5P/c1-23-11-13-24(14-12-23)25-15-17-26(18-16-25)36-22-37-27-19-20-31(35-2)33(21-27)39(34)32-10-6-4-8-29(32)28-7-3-5-9-30(28)38-39/h3-21H,22H2,1-2H3. The topological polar surface area (TPSA) is 54.0 Å². The lowest BCUT2D eigenvalue weighted by Crippen LogP contribution is -2.26. The molecule has 1 aliphatic rings. The molecule has 0 aromatic heterocycles. The molecule has 0 saturated carbocycles. The molecule has 0 N–H and O–H groups in total. The quantitative estimate of drug-likeness (QED) is 0.161. The van der Waals surface area contributed by atoms with Crippen molar-refractivity contribution in [2.24, 2.45) is 0 Å². The fourth-order valence-corrected chi connectivity index (χ4v) is 7.18. The van der Waals surface area contributed by atoms with Crippen molar-refractivity contribution in [1.29, 1.82) is 0 Å². The van der Waals surface area contributed by atoms with E-state index in [2.05, 4.69) is 31.2 Å². The maximum Gasteiger partial charge on any atom is 0.311 e. The van der Waals surface area contributed by atoms with E-state index >= 15 is 0 Å². The van der Waals surface area contributed by atoms with E-state index < -0.39 is 7.37 Å². The summed E-state index contributed by atoms with van der Waals surface area (Å²) in [4.78, 5) is 0. The highest BCUT2D eigenvalue weighted by Gasteiger charge is 2.40. The summed E-state index contributed by atoms with van der Waals surface area (Å²) in [6.45, 7) is 2.06. The number of ether oxygens (including phenoxy) is 3. The van der Waals surface area contributed by atoms with Crippen molar-refractivity contribution in [1.82, 2.24) is 0 Å². The second-order valence-electron chi connectivity index (χ2n) is 9.29. The van der Waals surface area contributed by atoms with Crippen LogP contribution in [0, 0.1) is 6.92 Å². The Morgan fingerprint density at radius 3 is 2.03 bits per heavy atom. The molecule has 1 unspecified atom stereocenters. The minimum Gasteiger partial charge on any atom is -0.496 e. The van der Waals surface area contributed by atoms with Crippen LogP contribution in [0.5, 0.6) is 23.0 Å². The molecule has 6 heteroatoms. The molecular formula is C33H27O5P. The number of benzene rings is 5. The van der Waals surface area contributed by atoms with Gasteiger partial charge in [0, 0.05) is 5.56 Å². The second kappa shape index (κ2) is 10.4. The molecule has 0 amide bonds. The number of methoxy groups -OCH3 is 1. The van der Waals surface area contributed by atoms with Crippen LogP contribution in [0.15, 0.2) is 115 Å². The maximum absolute atomic E-state index is 14.6. The number of rotatable bonds is 7. The molecular weight excluding hydrogens is 507 g/mol. The van der Waals surface area contributed by atoms with E-state index in [9.17, 15) is 4.57 Å². The number of para-hydroxylation sites is 1. The van der Waals surface area contributed by atoms with Gasteiger partial charge in [-0.25, -0.2) is 0 Å². The Hall–Kier alpha value is -4.47. The molecule has 0 saturated heterocycles. The molecule has 0 fully saturated rings. The Bertz CT molecular complexity index is 1680. The van der Waals surface area contributed by atoms with Crippen LogP contribution in [0.2, 0.25) is 0 Å². The van der Waals surface area contributed by atoms with Crippen molar-refractivity contribution < 1.29 is 23.3 Å². The lowest BCUT2D eigenvalue weighted by atomic mass is 10.0. The molecule has 1 heterocycles. The lowest BCUT2D eigenvalue weighted by molar-refractivity contribution is 0.120. The molecule has 5 aromatic carbocycles. The molecule has 0 bridgehead atoms. The molecule has 0 radical (unpaired) electrons. The van der Waals surface area contributed by atoms with Crippen molar-refractivity contribution in [3.05, 3.63) is 121 Å². The number of fused-ring (bicyclic) bond motifs is 3. The number of hydrogen-bond donors (Lipinski definition) is 0. The van der Waals surface area contributed by atoms with E-state index in [-0.39, 0.29) is 6.79 Å². The molecule has 5 nitrogen and oxygen atoms in total. The Morgan fingerprint density at radius 2 is 1.28 bits per heavy atom. The normalized spacial score (nSPS) is 15.4. The monoisotopic (exact) mass is 534 g/mol. The zero-order valence-electron chi connectivity index (χ0n) is 21.7. The summed E-state index contributed by atoms with van der Waals surface area (Å²) >= 11 is 0. The summed E-state index contributed by atoms with van der Waals surface area (Å²) in [6.07, 6.45) is 0. The molecule has 194 valence electrons. The van der Waals surface area contributed by atoms with E-state index in [0.29, 0.717) is 33.6 Å². The first-order valence-electron chi connectivity index (χ1n) is 12.6. The maximum atomic E-state index is 14.6. The molecule has 0 aliphatic carbocycles. The fourth-order valence-electron chi connectivity index (χ4n) is 4.74. The minimum absolute atomic E-state index is 0.0137. The van der Waals surface area contributed by atoms with Crippen molar-refractivity contribution in [3.63, 3.8) is 0 Å². The third-order valence-electron chi connectivity index (χ3n) is 6.78. The summed E-state index contributed by atoms with van der Waals surface area (Å²) in [5.41, 5.74) is 5.29. The summed E-state index contributed by atoms with van der Waals surface area (Å²) in [6, 6.07) is 36.8. The minimum atomic E-state index is -3.54. The highest BCUT2D eigenvalue weighted by atomic mass is 31.2. The van der Waals surface area contributed by atoms with Crippen LogP contribution >= 0.6 is 7.37 Å². The van der Waals surface area contributed by atoms with Crippen LogP contribution in [-0.2, 0) is 4.57 Å². The number of hydrogen-bond acceptors (Lipinski definition) is 5. The molecule has 39 heavy (non-hydrogen) atoms. The second-order valence-corrected chi connectivity index (χ2v) is 11.5. The van der Waals surface area contributed by atoms with Crippen molar-refractivity contribution in [3.8, 4) is 45.3 Å². The molecule has 1 aliphatic heterocycles. The zero-order chi connectivity index (χ0) is 26.8. The first kappa shape index (κ1) is 24.8. The van der Waals surface area contributed by atoms with Crippen LogP contribution in [0.4, 0.5) is 0 Å². The van der Waals surface area contributed by atoms with Gasteiger partial charge in [0.2, 0.25) is 6.79 Å². The van der Waals surface area contributed by atoms with Gasteiger partial charge in [0.05, 0.1) is 17.7 Å². The van der Waals surface area contributed by atoms with Crippen LogP contribution in [0.1, 0.15) is 5.56 Å². The SMILES string of the molecule is COc1ccc(OCOc2ccc(-c3ccc(C)cc3)cc2)cc1P1(=O)Oc2ccccc2-c2ccccc21. The van der Waals surface area contributed by atoms with Gasteiger partial charge < -0.3 is 18.7 Å².